The standard InChI is InChI=1S/C23H15F6N3O4S/c1-37(34)31-21(33)17-10-20-30-11-19(14-4-8-16(9-5-14)36-23(27,28)29)32(20)12-18(17)13-2-6-15(7-3-13)35-22(24,25)26/h2-12H,1H3,(H,31,33). The molecule has 0 aliphatic rings. The Balaban J connectivity index is 1.79. The summed E-state index contributed by atoms with van der Waals surface area (Å²) < 4.78 is 98.1. The summed E-state index contributed by atoms with van der Waals surface area (Å²) in [6, 6.07) is 11.2. The summed E-state index contributed by atoms with van der Waals surface area (Å²) in [6.45, 7) is 0. The average Bonchev–Trinajstić information content (AvgIpc) is 3.20. The second-order valence-electron chi connectivity index (χ2n) is 7.50. The molecule has 0 fully saturated rings. The van der Waals surface area contributed by atoms with Gasteiger partial charge in [0.25, 0.3) is 5.91 Å². The van der Waals surface area contributed by atoms with E-state index in [-0.39, 0.29) is 16.8 Å². The predicted octanol–water partition coefficient (Wildman–Crippen LogP) is 5.49. The number of rotatable bonds is 6. The number of benzene rings is 2. The van der Waals surface area contributed by atoms with Crippen molar-refractivity contribution in [1.29, 1.82) is 0 Å². The van der Waals surface area contributed by atoms with Gasteiger partial charge in [-0.2, -0.15) is 0 Å². The number of imidazole rings is 1. The highest BCUT2D eigenvalue weighted by Crippen LogP contribution is 2.32. The van der Waals surface area contributed by atoms with Gasteiger partial charge < -0.3 is 9.47 Å². The summed E-state index contributed by atoms with van der Waals surface area (Å²) in [5.74, 6) is -1.60. The fourth-order valence-electron chi connectivity index (χ4n) is 3.50. The molecule has 194 valence electrons. The SMILES string of the molecule is CS(=O)NC(=O)c1cc2ncc(-c3ccc(OC(F)(F)F)cc3)n2cc1-c1ccc(OC(F)(F)F)cc1. The smallest absolute Gasteiger partial charge is 0.406 e. The zero-order valence-electron chi connectivity index (χ0n) is 18.6. The molecule has 0 bridgehead atoms. The van der Waals surface area contributed by atoms with E-state index in [9.17, 15) is 35.3 Å². The van der Waals surface area contributed by atoms with Crippen molar-refractivity contribution in [3.63, 3.8) is 0 Å². The molecule has 0 saturated carbocycles. The van der Waals surface area contributed by atoms with Gasteiger partial charge in [-0.1, -0.05) is 12.1 Å². The Morgan fingerprint density at radius 2 is 1.41 bits per heavy atom. The number of hydrogen-bond acceptors (Lipinski definition) is 5. The highest BCUT2D eigenvalue weighted by molar-refractivity contribution is 7.82. The Morgan fingerprint density at radius 1 is 0.892 bits per heavy atom. The van der Waals surface area contributed by atoms with E-state index in [0.717, 1.165) is 24.3 Å². The second-order valence-corrected chi connectivity index (χ2v) is 8.61. The second kappa shape index (κ2) is 9.76. The van der Waals surface area contributed by atoms with Crippen LogP contribution in [0.2, 0.25) is 0 Å². The Kier molecular flexibility index (Phi) is 6.86. The Bertz CT molecular complexity index is 1470. The molecule has 0 radical (unpaired) electrons. The van der Waals surface area contributed by atoms with Gasteiger partial charge in [0.15, 0.2) is 0 Å². The lowest BCUT2D eigenvalue weighted by Crippen LogP contribution is -2.25. The monoisotopic (exact) mass is 543 g/mol. The third kappa shape index (κ3) is 6.39. The highest BCUT2D eigenvalue weighted by atomic mass is 32.2. The number of ether oxygens (including phenoxy) is 2. The number of amides is 1. The predicted molar refractivity (Wildman–Crippen MR) is 121 cm³/mol. The molecule has 7 nitrogen and oxygen atoms in total. The molecule has 0 spiro atoms. The van der Waals surface area contributed by atoms with Gasteiger partial charge in [0.05, 0.1) is 17.5 Å². The normalized spacial score (nSPS) is 12.8. The fourth-order valence-corrected chi connectivity index (χ4v) is 3.87. The molecule has 37 heavy (non-hydrogen) atoms. The van der Waals surface area contributed by atoms with E-state index < -0.39 is 41.1 Å². The maximum Gasteiger partial charge on any atom is 0.573 e. The van der Waals surface area contributed by atoms with Gasteiger partial charge in [-0.05, 0) is 48.0 Å². The fraction of sp³-hybridized carbons (Fsp3) is 0.130. The van der Waals surface area contributed by atoms with Crippen molar-refractivity contribution in [2.75, 3.05) is 6.26 Å². The molecule has 1 atom stereocenters. The number of pyridine rings is 1. The molecule has 2 heterocycles. The molecule has 1 amide bonds. The third-order valence-electron chi connectivity index (χ3n) is 4.91. The lowest BCUT2D eigenvalue weighted by molar-refractivity contribution is -0.275. The van der Waals surface area contributed by atoms with Crippen molar-refractivity contribution in [3.05, 3.63) is 72.6 Å². The number of nitrogens with one attached hydrogen (secondary N) is 1. The first-order chi connectivity index (χ1) is 17.3. The minimum Gasteiger partial charge on any atom is -0.406 e. The first-order valence-electron chi connectivity index (χ1n) is 10.2. The minimum atomic E-state index is -4.89. The summed E-state index contributed by atoms with van der Waals surface area (Å²) in [7, 11) is -1.71. The van der Waals surface area contributed by atoms with Gasteiger partial charge in [0.1, 0.15) is 28.1 Å². The molecule has 1 N–H and O–H groups in total. The summed E-state index contributed by atoms with van der Waals surface area (Å²) in [5, 5.41) is 0. The molecule has 4 rings (SSSR count). The average molecular weight is 543 g/mol. The Morgan fingerprint density at radius 3 is 1.89 bits per heavy atom. The number of carbonyl (C=O) groups is 1. The first kappa shape index (κ1) is 26.0. The maximum absolute atomic E-state index is 12.8. The molecule has 0 aliphatic heterocycles. The molecule has 2 aromatic heterocycles. The van der Waals surface area contributed by atoms with Crippen LogP contribution < -0.4 is 14.2 Å². The lowest BCUT2D eigenvalue weighted by atomic mass is 10.0. The van der Waals surface area contributed by atoms with Crippen LogP contribution >= 0.6 is 0 Å². The zero-order valence-corrected chi connectivity index (χ0v) is 19.4. The van der Waals surface area contributed by atoms with Crippen molar-refractivity contribution in [1.82, 2.24) is 14.1 Å². The lowest BCUT2D eigenvalue weighted by Gasteiger charge is -2.13. The molecular formula is C23H15F6N3O4S. The summed E-state index contributed by atoms with van der Waals surface area (Å²) in [4.78, 5) is 17.0. The summed E-state index contributed by atoms with van der Waals surface area (Å²) in [5.41, 5.74) is 1.81. The van der Waals surface area contributed by atoms with E-state index >= 15 is 0 Å². The first-order valence-corrected chi connectivity index (χ1v) is 11.7. The van der Waals surface area contributed by atoms with Crippen molar-refractivity contribution in [3.8, 4) is 33.9 Å². The van der Waals surface area contributed by atoms with Gasteiger partial charge in [-0.15, -0.1) is 26.3 Å². The van der Waals surface area contributed by atoms with Gasteiger partial charge in [0, 0.05) is 23.6 Å². The number of hydrogen-bond donors (Lipinski definition) is 1. The van der Waals surface area contributed by atoms with Crippen molar-refractivity contribution in [2.45, 2.75) is 12.7 Å². The number of carbonyl (C=O) groups excluding carboxylic acids is 1. The summed E-state index contributed by atoms with van der Waals surface area (Å²) in [6.07, 6.45) is -5.56. The maximum atomic E-state index is 12.8. The van der Waals surface area contributed by atoms with Crippen LogP contribution in [0.15, 0.2) is 67.0 Å². The summed E-state index contributed by atoms with van der Waals surface area (Å²) >= 11 is 0. The molecule has 0 aliphatic carbocycles. The van der Waals surface area contributed by atoms with Crippen LogP contribution in [-0.4, -0.2) is 38.5 Å². The molecule has 0 saturated heterocycles. The Hall–Kier alpha value is -4.07. The van der Waals surface area contributed by atoms with Crippen LogP contribution in [0.25, 0.3) is 28.0 Å². The molecule has 14 heteroatoms. The largest absolute Gasteiger partial charge is 0.573 e. The van der Waals surface area contributed by atoms with E-state index in [0.29, 0.717) is 16.8 Å². The number of fused-ring (bicyclic) bond motifs is 1. The third-order valence-corrected chi connectivity index (χ3v) is 5.38. The Labute approximate surface area is 207 Å². The van der Waals surface area contributed by atoms with Crippen LogP contribution in [0.5, 0.6) is 11.5 Å². The topological polar surface area (TPSA) is 81.9 Å². The van der Waals surface area contributed by atoms with Gasteiger partial charge in [-0.3, -0.25) is 13.9 Å². The van der Waals surface area contributed by atoms with Crippen LogP contribution in [0.4, 0.5) is 26.3 Å². The number of nitrogens with zero attached hydrogens (tertiary/aromatic N) is 2. The quantitative estimate of drug-likeness (QED) is 0.326. The van der Waals surface area contributed by atoms with Crippen LogP contribution in [0, 0.1) is 0 Å². The van der Waals surface area contributed by atoms with Gasteiger partial charge >= 0.3 is 12.7 Å². The number of alkyl halides is 6. The van der Waals surface area contributed by atoms with E-state index in [1.54, 1.807) is 4.40 Å². The van der Waals surface area contributed by atoms with Crippen molar-refractivity contribution < 1.29 is 44.8 Å². The van der Waals surface area contributed by atoms with Crippen molar-refractivity contribution >= 4 is 22.5 Å². The van der Waals surface area contributed by atoms with E-state index in [1.807, 2.05) is 0 Å². The number of halogens is 6. The van der Waals surface area contributed by atoms with E-state index in [2.05, 4.69) is 19.2 Å². The zero-order chi connectivity index (χ0) is 27.0. The molecular weight excluding hydrogens is 528 g/mol. The minimum absolute atomic E-state index is 0.0401. The van der Waals surface area contributed by atoms with E-state index in [1.165, 1.54) is 49.0 Å². The van der Waals surface area contributed by atoms with Crippen LogP contribution in [0.1, 0.15) is 10.4 Å². The molecule has 1 unspecified atom stereocenters. The highest BCUT2D eigenvalue weighted by Gasteiger charge is 2.32. The van der Waals surface area contributed by atoms with Crippen LogP contribution in [0.3, 0.4) is 0 Å². The van der Waals surface area contributed by atoms with Crippen LogP contribution in [-0.2, 0) is 11.0 Å². The van der Waals surface area contributed by atoms with Gasteiger partial charge in [0.2, 0.25) is 0 Å². The number of aromatic nitrogens is 2. The molecule has 2 aromatic carbocycles. The van der Waals surface area contributed by atoms with Crippen molar-refractivity contribution in [2.24, 2.45) is 0 Å². The van der Waals surface area contributed by atoms with E-state index in [4.69, 9.17) is 0 Å². The van der Waals surface area contributed by atoms with Gasteiger partial charge in [-0.25, -0.2) is 9.19 Å². The molecule has 4 aromatic rings.